The molecule has 1 saturated carbocycles. The number of likely N-dealkylation sites (N-methyl/N-ethyl adjacent to an activating group) is 1. The largest absolute Gasteiger partial charge is 0.349 e. The molecule has 0 saturated heterocycles. The molecule has 132 valence electrons. The maximum atomic E-state index is 12.3. The van der Waals surface area contributed by atoms with Crippen molar-refractivity contribution in [3.05, 3.63) is 50.6 Å². The molecule has 1 aromatic carbocycles. The van der Waals surface area contributed by atoms with Gasteiger partial charge in [0.1, 0.15) is 0 Å². The number of hydrogen-bond donors (Lipinski definition) is 2. The van der Waals surface area contributed by atoms with Gasteiger partial charge in [0.05, 0.1) is 21.6 Å². The van der Waals surface area contributed by atoms with E-state index < -0.39 is 0 Å². The highest BCUT2D eigenvalue weighted by atomic mass is 79.9. The summed E-state index contributed by atoms with van der Waals surface area (Å²) in [5.74, 6) is -0.264. The van der Waals surface area contributed by atoms with E-state index >= 15 is 0 Å². The van der Waals surface area contributed by atoms with Crippen LogP contribution in [0.1, 0.15) is 28.1 Å². The van der Waals surface area contributed by atoms with Crippen molar-refractivity contribution in [2.45, 2.75) is 25.4 Å². The lowest BCUT2D eigenvalue weighted by Crippen LogP contribution is -2.31. The average molecular weight is 422 g/mol. The highest BCUT2D eigenvalue weighted by Crippen LogP contribution is 2.23. The Morgan fingerprint density at radius 2 is 2.00 bits per heavy atom. The summed E-state index contributed by atoms with van der Waals surface area (Å²) in [6.07, 6.45) is 2.06. The second kappa shape index (κ2) is 8.12. The first-order valence-electron chi connectivity index (χ1n) is 8.14. The van der Waals surface area contributed by atoms with Gasteiger partial charge in [0.25, 0.3) is 5.91 Å². The minimum Gasteiger partial charge on any atom is -0.349 e. The van der Waals surface area contributed by atoms with Crippen molar-refractivity contribution in [3.63, 3.8) is 0 Å². The number of halogens is 1. The Morgan fingerprint density at radius 3 is 2.68 bits per heavy atom. The van der Waals surface area contributed by atoms with Crippen LogP contribution in [0.5, 0.6) is 0 Å². The van der Waals surface area contributed by atoms with E-state index in [1.54, 1.807) is 29.5 Å². The van der Waals surface area contributed by atoms with Gasteiger partial charge in [-0.25, -0.2) is 0 Å². The monoisotopic (exact) mass is 421 g/mol. The minimum absolute atomic E-state index is 0.129. The number of nitrogens with zero attached hydrogens (tertiary/aromatic N) is 1. The van der Waals surface area contributed by atoms with E-state index in [9.17, 15) is 9.59 Å². The molecule has 0 atom stereocenters. The van der Waals surface area contributed by atoms with E-state index in [1.807, 2.05) is 30.1 Å². The predicted molar refractivity (Wildman–Crippen MR) is 104 cm³/mol. The zero-order chi connectivity index (χ0) is 17.8. The Kier molecular flexibility index (Phi) is 5.88. The third-order valence-electron chi connectivity index (χ3n) is 3.83. The molecule has 0 unspecified atom stereocenters. The Hall–Kier alpha value is -1.70. The molecule has 25 heavy (non-hydrogen) atoms. The molecule has 5 nitrogen and oxygen atoms in total. The molecule has 0 radical (unpaired) electrons. The van der Waals surface area contributed by atoms with Crippen molar-refractivity contribution in [2.75, 3.05) is 18.9 Å². The van der Waals surface area contributed by atoms with Crippen LogP contribution in [0.4, 0.5) is 5.69 Å². The molecule has 7 heteroatoms. The van der Waals surface area contributed by atoms with Gasteiger partial charge in [0.2, 0.25) is 5.91 Å². The van der Waals surface area contributed by atoms with Crippen LogP contribution in [0.25, 0.3) is 0 Å². The van der Waals surface area contributed by atoms with Gasteiger partial charge in [0, 0.05) is 17.5 Å². The SMILES string of the molecule is CN(CC(=O)Nc1ccccc1C(=O)NC1CC1)Cc1ccc(Br)s1. The molecule has 2 amide bonds. The van der Waals surface area contributed by atoms with E-state index in [1.165, 1.54) is 4.88 Å². The zero-order valence-corrected chi connectivity index (χ0v) is 16.3. The number of nitrogens with one attached hydrogen (secondary N) is 2. The second-order valence-corrected chi connectivity index (χ2v) is 8.77. The normalized spacial score (nSPS) is 13.7. The molecule has 3 rings (SSSR count). The van der Waals surface area contributed by atoms with Crippen molar-refractivity contribution in [3.8, 4) is 0 Å². The minimum atomic E-state index is -0.134. The van der Waals surface area contributed by atoms with Crippen molar-refractivity contribution in [1.29, 1.82) is 0 Å². The lowest BCUT2D eigenvalue weighted by atomic mass is 10.1. The molecular weight excluding hydrogens is 402 g/mol. The summed E-state index contributed by atoms with van der Waals surface area (Å²) in [7, 11) is 1.90. The summed E-state index contributed by atoms with van der Waals surface area (Å²) in [6.45, 7) is 0.960. The van der Waals surface area contributed by atoms with Crippen molar-refractivity contribution >= 4 is 44.8 Å². The topological polar surface area (TPSA) is 61.4 Å². The van der Waals surface area contributed by atoms with Gasteiger partial charge in [0.15, 0.2) is 0 Å². The molecule has 1 fully saturated rings. The standard InChI is InChI=1S/C18H20BrN3O2S/c1-22(10-13-8-9-16(19)25-13)11-17(23)21-15-5-3-2-4-14(15)18(24)20-12-6-7-12/h2-5,8-9,12H,6-7,10-11H2,1H3,(H,20,24)(H,21,23). The highest BCUT2D eigenvalue weighted by Gasteiger charge is 2.25. The summed E-state index contributed by atoms with van der Waals surface area (Å²) in [5.41, 5.74) is 1.06. The van der Waals surface area contributed by atoms with Gasteiger partial charge in [-0.2, -0.15) is 0 Å². The predicted octanol–water partition coefficient (Wildman–Crippen LogP) is 3.47. The van der Waals surface area contributed by atoms with Crippen LogP contribution in [0.3, 0.4) is 0 Å². The average Bonchev–Trinajstić information content (AvgIpc) is 3.28. The Morgan fingerprint density at radius 1 is 1.24 bits per heavy atom. The van der Waals surface area contributed by atoms with Gasteiger partial charge < -0.3 is 10.6 Å². The molecular formula is C18H20BrN3O2S. The van der Waals surface area contributed by atoms with E-state index in [4.69, 9.17) is 0 Å². The first-order valence-corrected chi connectivity index (χ1v) is 9.74. The number of amides is 2. The molecule has 1 heterocycles. The van der Waals surface area contributed by atoms with Crippen LogP contribution >= 0.6 is 27.3 Å². The lowest BCUT2D eigenvalue weighted by Gasteiger charge is -2.16. The van der Waals surface area contributed by atoms with Gasteiger partial charge in [-0.15, -0.1) is 11.3 Å². The van der Waals surface area contributed by atoms with Crippen LogP contribution in [0.2, 0.25) is 0 Å². The number of carbonyl (C=O) groups excluding carboxylic acids is 2. The number of benzene rings is 1. The smallest absolute Gasteiger partial charge is 0.253 e. The Balaban J connectivity index is 1.57. The van der Waals surface area contributed by atoms with E-state index in [2.05, 4.69) is 26.6 Å². The van der Waals surface area contributed by atoms with Gasteiger partial charge >= 0.3 is 0 Å². The van der Waals surface area contributed by atoms with Crippen molar-refractivity contribution in [1.82, 2.24) is 10.2 Å². The molecule has 2 aromatic rings. The summed E-state index contributed by atoms with van der Waals surface area (Å²) >= 11 is 5.10. The number of hydrogen-bond acceptors (Lipinski definition) is 4. The third-order valence-corrected chi connectivity index (χ3v) is 5.43. The Labute approximate surface area is 159 Å². The van der Waals surface area contributed by atoms with E-state index in [0.29, 0.717) is 17.8 Å². The van der Waals surface area contributed by atoms with Crippen LogP contribution in [-0.4, -0.2) is 36.3 Å². The molecule has 1 aliphatic rings. The van der Waals surface area contributed by atoms with E-state index in [0.717, 1.165) is 16.6 Å². The second-order valence-electron chi connectivity index (χ2n) is 6.22. The number of thiophene rings is 1. The highest BCUT2D eigenvalue weighted by molar-refractivity contribution is 9.11. The molecule has 1 aromatic heterocycles. The fourth-order valence-corrected chi connectivity index (χ4v) is 4.04. The first-order chi connectivity index (χ1) is 12.0. The lowest BCUT2D eigenvalue weighted by molar-refractivity contribution is -0.117. The third kappa shape index (κ3) is 5.39. The van der Waals surface area contributed by atoms with Crippen LogP contribution in [0, 0.1) is 0 Å². The first kappa shape index (κ1) is 18.1. The number of carbonyl (C=O) groups is 2. The molecule has 0 aliphatic heterocycles. The summed E-state index contributed by atoms with van der Waals surface area (Å²) < 4.78 is 1.08. The summed E-state index contributed by atoms with van der Waals surface area (Å²) in [5, 5.41) is 5.82. The maximum absolute atomic E-state index is 12.3. The summed E-state index contributed by atoms with van der Waals surface area (Å²) in [6, 6.07) is 11.4. The number of rotatable bonds is 7. The number of para-hydroxylation sites is 1. The van der Waals surface area contributed by atoms with Crippen LogP contribution < -0.4 is 10.6 Å². The fraction of sp³-hybridized carbons (Fsp3) is 0.333. The van der Waals surface area contributed by atoms with Crippen LogP contribution in [-0.2, 0) is 11.3 Å². The molecule has 0 bridgehead atoms. The quantitative estimate of drug-likeness (QED) is 0.719. The van der Waals surface area contributed by atoms with E-state index in [-0.39, 0.29) is 24.4 Å². The van der Waals surface area contributed by atoms with Gasteiger partial charge in [-0.1, -0.05) is 12.1 Å². The molecule has 2 N–H and O–H groups in total. The van der Waals surface area contributed by atoms with Crippen molar-refractivity contribution in [2.24, 2.45) is 0 Å². The van der Waals surface area contributed by atoms with Crippen molar-refractivity contribution < 1.29 is 9.59 Å². The van der Waals surface area contributed by atoms with Gasteiger partial charge in [-0.3, -0.25) is 14.5 Å². The molecule has 0 spiro atoms. The van der Waals surface area contributed by atoms with Crippen LogP contribution in [0.15, 0.2) is 40.2 Å². The van der Waals surface area contributed by atoms with Gasteiger partial charge in [-0.05, 0) is 60.1 Å². The Bertz CT molecular complexity index is 773. The summed E-state index contributed by atoms with van der Waals surface area (Å²) in [4.78, 5) is 27.8. The maximum Gasteiger partial charge on any atom is 0.253 e. The molecule has 1 aliphatic carbocycles. The zero-order valence-electron chi connectivity index (χ0n) is 13.9. The fourth-order valence-electron chi connectivity index (χ4n) is 2.47. The number of anilines is 1.